The van der Waals surface area contributed by atoms with Gasteiger partial charge in [-0.25, -0.2) is 0 Å². The molecule has 3 rings (SSSR count). The molecule has 2 aliphatic heterocycles. The lowest BCUT2D eigenvalue weighted by molar-refractivity contribution is -0.132. The number of rotatable bonds is 6. The summed E-state index contributed by atoms with van der Waals surface area (Å²) >= 11 is 1.41. The van der Waals surface area contributed by atoms with Crippen LogP contribution < -0.4 is 0 Å². The van der Waals surface area contributed by atoms with Crippen LogP contribution in [-0.2, 0) is 20.9 Å². The summed E-state index contributed by atoms with van der Waals surface area (Å²) < 4.78 is 5.26. The molecular weight excluding hydrogens is 388 g/mol. The molecule has 0 radical (unpaired) electrons. The Labute approximate surface area is 176 Å². The molecule has 7 nitrogen and oxygen atoms in total. The van der Waals surface area contributed by atoms with Crippen molar-refractivity contribution in [3.05, 3.63) is 35.4 Å². The van der Waals surface area contributed by atoms with Crippen LogP contribution in [0.15, 0.2) is 24.3 Å². The van der Waals surface area contributed by atoms with Gasteiger partial charge in [-0.1, -0.05) is 12.1 Å². The molecule has 0 bridgehead atoms. The minimum absolute atomic E-state index is 0.0931. The largest absolute Gasteiger partial charge is 0.378 e. The normalized spacial score (nSPS) is 18.2. The Morgan fingerprint density at radius 1 is 0.931 bits per heavy atom. The van der Waals surface area contributed by atoms with E-state index in [2.05, 4.69) is 11.0 Å². The first-order valence-electron chi connectivity index (χ1n) is 10.1. The van der Waals surface area contributed by atoms with Crippen LogP contribution in [0.4, 0.5) is 0 Å². The van der Waals surface area contributed by atoms with Gasteiger partial charge in [-0.2, -0.15) is 5.26 Å². The van der Waals surface area contributed by atoms with Crippen LogP contribution in [0.3, 0.4) is 0 Å². The van der Waals surface area contributed by atoms with Crippen molar-refractivity contribution < 1.29 is 14.3 Å². The van der Waals surface area contributed by atoms with Gasteiger partial charge in [0.05, 0.1) is 36.4 Å². The van der Waals surface area contributed by atoms with Gasteiger partial charge in [0.15, 0.2) is 0 Å². The molecule has 0 aliphatic carbocycles. The van der Waals surface area contributed by atoms with Gasteiger partial charge >= 0.3 is 0 Å². The first-order valence-corrected chi connectivity index (χ1v) is 11.2. The van der Waals surface area contributed by atoms with Crippen molar-refractivity contribution >= 4 is 23.6 Å². The molecule has 0 spiro atoms. The zero-order valence-electron chi connectivity index (χ0n) is 16.7. The molecule has 2 heterocycles. The summed E-state index contributed by atoms with van der Waals surface area (Å²) in [5, 5.41) is 8.90. The first-order chi connectivity index (χ1) is 14.2. The summed E-state index contributed by atoms with van der Waals surface area (Å²) in [7, 11) is 0. The highest BCUT2D eigenvalue weighted by Crippen LogP contribution is 2.12. The van der Waals surface area contributed by atoms with E-state index in [1.807, 2.05) is 34.1 Å². The van der Waals surface area contributed by atoms with Crippen LogP contribution in [-0.4, -0.2) is 90.5 Å². The fourth-order valence-electron chi connectivity index (χ4n) is 3.54. The van der Waals surface area contributed by atoms with Crippen molar-refractivity contribution in [1.82, 2.24) is 14.7 Å². The highest BCUT2D eigenvalue weighted by molar-refractivity contribution is 8.00. The third-order valence-electron chi connectivity index (χ3n) is 5.25. The molecule has 0 saturated carbocycles. The fraction of sp³-hybridized carbons (Fsp3) is 0.571. The molecule has 0 unspecified atom stereocenters. The highest BCUT2D eigenvalue weighted by Gasteiger charge is 2.21. The summed E-state index contributed by atoms with van der Waals surface area (Å²) in [6, 6.07) is 9.82. The zero-order valence-corrected chi connectivity index (χ0v) is 17.5. The Hall–Kier alpha value is -2.08. The summed E-state index contributed by atoms with van der Waals surface area (Å²) in [6.07, 6.45) is 0.944. The van der Waals surface area contributed by atoms with E-state index in [1.165, 1.54) is 17.3 Å². The zero-order chi connectivity index (χ0) is 20.5. The van der Waals surface area contributed by atoms with Crippen LogP contribution in [0.1, 0.15) is 17.5 Å². The maximum absolute atomic E-state index is 12.6. The number of carbonyl (C=O) groups is 2. The second-order valence-corrected chi connectivity index (χ2v) is 8.29. The van der Waals surface area contributed by atoms with E-state index in [0.717, 1.165) is 32.6 Å². The Kier molecular flexibility index (Phi) is 8.35. The second-order valence-electron chi connectivity index (χ2n) is 7.31. The maximum Gasteiger partial charge on any atom is 0.232 e. The molecular formula is C21H28N4O3S. The quantitative estimate of drug-likeness (QED) is 0.693. The molecule has 1 aromatic rings. The predicted molar refractivity (Wildman–Crippen MR) is 112 cm³/mol. The van der Waals surface area contributed by atoms with Crippen molar-refractivity contribution in [3.63, 3.8) is 0 Å². The van der Waals surface area contributed by atoms with Crippen LogP contribution in [0.5, 0.6) is 0 Å². The van der Waals surface area contributed by atoms with E-state index >= 15 is 0 Å². The number of nitriles is 1. The lowest BCUT2D eigenvalue weighted by Gasteiger charge is -2.27. The highest BCUT2D eigenvalue weighted by atomic mass is 32.2. The van der Waals surface area contributed by atoms with Crippen molar-refractivity contribution in [1.29, 1.82) is 5.26 Å². The molecule has 0 N–H and O–H groups in total. The van der Waals surface area contributed by atoms with Gasteiger partial charge in [-0.15, -0.1) is 11.8 Å². The smallest absolute Gasteiger partial charge is 0.232 e. The lowest BCUT2D eigenvalue weighted by atomic mass is 10.1. The average molecular weight is 417 g/mol. The number of morpholine rings is 1. The van der Waals surface area contributed by atoms with Gasteiger partial charge in [-0.05, 0) is 24.1 Å². The van der Waals surface area contributed by atoms with E-state index in [4.69, 9.17) is 10.00 Å². The summed E-state index contributed by atoms with van der Waals surface area (Å²) in [5.41, 5.74) is 1.85. The molecule has 2 fully saturated rings. The van der Waals surface area contributed by atoms with Gasteiger partial charge in [0.1, 0.15) is 0 Å². The predicted octanol–water partition coefficient (Wildman–Crippen LogP) is 1.18. The molecule has 29 heavy (non-hydrogen) atoms. The van der Waals surface area contributed by atoms with E-state index in [-0.39, 0.29) is 11.8 Å². The Bertz CT molecular complexity index is 728. The number of nitrogens with zero attached hydrogens (tertiary/aromatic N) is 4. The Balaban J connectivity index is 1.38. The minimum Gasteiger partial charge on any atom is -0.378 e. The van der Waals surface area contributed by atoms with Crippen LogP contribution in [0, 0.1) is 11.3 Å². The molecule has 0 atom stereocenters. The van der Waals surface area contributed by atoms with Crippen molar-refractivity contribution in [2.45, 2.75) is 13.0 Å². The van der Waals surface area contributed by atoms with Gasteiger partial charge < -0.3 is 14.5 Å². The van der Waals surface area contributed by atoms with E-state index in [0.29, 0.717) is 49.9 Å². The third kappa shape index (κ3) is 6.74. The molecule has 156 valence electrons. The van der Waals surface area contributed by atoms with Crippen LogP contribution >= 0.6 is 11.8 Å². The lowest BCUT2D eigenvalue weighted by Crippen LogP contribution is -2.42. The number of benzene rings is 1. The number of amides is 2. The summed E-state index contributed by atoms with van der Waals surface area (Å²) in [4.78, 5) is 30.8. The number of hydrogen-bond acceptors (Lipinski definition) is 6. The monoisotopic (exact) mass is 416 g/mol. The van der Waals surface area contributed by atoms with Gasteiger partial charge in [0, 0.05) is 45.8 Å². The third-order valence-corrected chi connectivity index (χ3v) is 6.15. The van der Waals surface area contributed by atoms with E-state index in [9.17, 15) is 9.59 Å². The maximum atomic E-state index is 12.6. The fourth-order valence-corrected chi connectivity index (χ4v) is 4.36. The van der Waals surface area contributed by atoms with E-state index in [1.54, 1.807) is 0 Å². The van der Waals surface area contributed by atoms with Crippen LogP contribution in [0.2, 0.25) is 0 Å². The molecule has 8 heteroatoms. The average Bonchev–Trinajstić information content (AvgIpc) is 3.00. The standard InChI is InChI=1S/C21H28N4O3S/c22-14-18-2-4-19(5-3-18)15-23-6-1-7-24(9-8-23)20(26)16-29-17-21(27)25-10-12-28-13-11-25/h2-5H,1,6-13,15-17H2. The van der Waals surface area contributed by atoms with Crippen LogP contribution in [0.25, 0.3) is 0 Å². The number of thioether (sulfide) groups is 1. The molecule has 0 aromatic heterocycles. The van der Waals surface area contributed by atoms with Crippen molar-refractivity contribution in [2.75, 3.05) is 64.0 Å². The van der Waals surface area contributed by atoms with Crippen molar-refractivity contribution in [3.8, 4) is 6.07 Å². The number of hydrogen-bond donors (Lipinski definition) is 0. The second kappa shape index (κ2) is 11.2. The Morgan fingerprint density at radius 3 is 2.24 bits per heavy atom. The van der Waals surface area contributed by atoms with Gasteiger partial charge in [-0.3, -0.25) is 14.5 Å². The topological polar surface area (TPSA) is 76.9 Å². The first kappa shape index (κ1) is 21.6. The van der Waals surface area contributed by atoms with Gasteiger partial charge in [0.2, 0.25) is 11.8 Å². The molecule has 1 aromatic carbocycles. The summed E-state index contributed by atoms with van der Waals surface area (Å²) in [6.45, 7) is 6.59. The molecule has 2 aliphatic rings. The minimum atomic E-state index is 0.0931. The summed E-state index contributed by atoms with van der Waals surface area (Å²) in [5.74, 6) is 0.913. The van der Waals surface area contributed by atoms with Crippen molar-refractivity contribution in [2.24, 2.45) is 0 Å². The molecule has 2 amide bonds. The van der Waals surface area contributed by atoms with Gasteiger partial charge in [0.25, 0.3) is 0 Å². The Morgan fingerprint density at radius 2 is 1.59 bits per heavy atom. The number of carbonyl (C=O) groups excluding carboxylic acids is 2. The van der Waals surface area contributed by atoms with E-state index < -0.39 is 0 Å². The SMILES string of the molecule is N#Cc1ccc(CN2CCCN(C(=O)CSCC(=O)N3CCOCC3)CC2)cc1. The molecule has 2 saturated heterocycles. The number of ether oxygens (including phenoxy) is 1.